The zero-order chi connectivity index (χ0) is 16.2. The number of amides is 1. The van der Waals surface area contributed by atoms with Crippen LogP contribution < -0.4 is 5.32 Å². The van der Waals surface area contributed by atoms with Crippen molar-refractivity contribution >= 4 is 11.9 Å². The van der Waals surface area contributed by atoms with Gasteiger partial charge in [-0.2, -0.15) is 13.2 Å². The zero-order valence-electron chi connectivity index (χ0n) is 11.6. The molecule has 0 radical (unpaired) electrons. The maximum Gasteiger partial charge on any atom is 0.416 e. The van der Waals surface area contributed by atoms with Gasteiger partial charge in [-0.15, -0.1) is 0 Å². The number of nitrogens with one attached hydrogen (secondary N) is 1. The Morgan fingerprint density at radius 1 is 1.29 bits per heavy atom. The molecule has 0 saturated carbocycles. The summed E-state index contributed by atoms with van der Waals surface area (Å²) in [6.45, 7) is 2.93. The summed E-state index contributed by atoms with van der Waals surface area (Å²) in [4.78, 5) is 22.2. The van der Waals surface area contributed by atoms with E-state index in [1.54, 1.807) is 6.92 Å². The SMILES string of the molecule is CC(CC(=O)N[C@H](C)C(=O)O)c1cccc(C(F)(F)F)c1. The van der Waals surface area contributed by atoms with Gasteiger partial charge in [-0.05, 0) is 24.5 Å². The van der Waals surface area contributed by atoms with Crippen molar-refractivity contribution in [3.8, 4) is 0 Å². The van der Waals surface area contributed by atoms with Crippen molar-refractivity contribution in [3.05, 3.63) is 35.4 Å². The molecule has 0 fully saturated rings. The summed E-state index contributed by atoms with van der Waals surface area (Å²) in [5, 5.41) is 10.9. The second kappa shape index (κ2) is 6.60. The standard InChI is InChI=1S/C14H16F3NO3/c1-8(6-12(19)18-9(2)13(20)21)10-4-3-5-11(7-10)14(15,16)17/h3-5,7-9H,6H2,1-2H3,(H,18,19)(H,20,21)/t8?,9-/m1/s1. The lowest BCUT2D eigenvalue weighted by Crippen LogP contribution is -2.38. The Kier molecular flexibility index (Phi) is 5.34. The number of alkyl halides is 3. The first-order valence-electron chi connectivity index (χ1n) is 6.30. The number of hydrogen-bond donors (Lipinski definition) is 2. The number of rotatable bonds is 5. The van der Waals surface area contributed by atoms with Crippen LogP contribution in [0.2, 0.25) is 0 Å². The van der Waals surface area contributed by atoms with Crippen LogP contribution in [0.15, 0.2) is 24.3 Å². The second-order valence-electron chi connectivity index (χ2n) is 4.86. The van der Waals surface area contributed by atoms with Crippen molar-refractivity contribution < 1.29 is 27.9 Å². The van der Waals surface area contributed by atoms with Crippen molar-refractivity contribution in [2.75, 3.05) is 0 Å². The zero-order valence-corrected chi connectivity index (χ0v) is 11.6. The molecule has 1 amide bonds. The minimum absolute atomic E-state index is 0.0844. The Labute approximate surface area is 120 Å². The van der Waals surface area contributed by atoms with E-state index in [-0.39, 0.29) is 6.42 Å². The average molecular weight is 303 g/mol. The molecule has 0 aliphatic carbocycles. The topological polar surface area (TPSA) is 66.4 Å². The molecule has 1 unspecified atom stereocenters. The molecule has 2 N–H and O–H groups in total. The number of carbonyl (C=O) groups is 2. The third-order valence-corrected chi connectivity index (χ3v) is 3.02. The van der Waals surface area contributed by atoms with Gasteiger partial charge >= 0.3 is 12.1 Å². The molecule has 1 aromatic carbocycles. The van der Waals surface area contributed by atoms with E-state index in [0.717, 1.165) is 12.1 Å². The molecule has 0 heterocycles. The van der Waals surface area contributed by atoms with Crippen molar-refractivity contribution in [3.63, 3.8) is 0 Å². The second-order valence-corrected chi connectivity index (χ2v) is 4.86. The lowest BCUT2D eigenvalue weighted by Gasteiger charge is -2.15. The van der Waals surface area contributed by atoms with E-state index in [9.17, 15) is 22.8 Å². The van der Waals surface area contributed by atoms with Gasteiger partial charge in [0.1, 0.15) is 6.04 Å². The van der Waals surface area contributed by atoms with Crippen molar-refractivity contribution in [2.45, 2.75) is 38.4 Å². The quantitative estimate of drug-likeness (QED) is 0.879. The summed E-state index contributed by atoms with van der Waals surface area (Å²) >= 11 is 0. The number of carbonyl (C=O) groups excluding carboxylic acids is 1. The monoisotopic (exact) mass is 303 g/mol. The maximum atomic E-state index is 12.6. The van der Waals surface area contributed by atoms with Crippen molar-refractivity contribution in [2.24, 2.45) is 0 Å². The average Bonchev–Trinajstić information content (AvgIpc) is 2.37. The molecule has 1 rings (SSSR count). The third-order valence-electron chi connectivity index (χ3n) is 3.02. The predicted octanol–water partition coefficient (Wildman–Crippen LogP) is 2.79. The van der Waals surface area contributed by atoms with Gasteiger partial charge in [0.05, 0.1) is 5.56 Å². The van der Waals surface area contributed by atoms with E-state index in [1.165, 1.54) is 19.1 Å². The number of hydrogen-bond acceptors (Lipinski definition) is 2. The predicted molar refractivity (Wildman–Crippen MR) is 69.7 cm³/mol. The van der Waals surface area contributed by atoms with Gasteiger partial charge < -0.3 is 10.4 Å². The summed E-state index contributed by atoms with van der Waals surface area (Å²) in [5.41, 5.74) is -0.394. The summed E-state index contributed by atoms with van der Waals surface area (Å²) in [6, 6.07) is 3.72. The highest BCUT2D eigenvalue weighted by Gasteiger charge is 2.30. The Morgan fingerprint density at radius 2 is 1.90 bits per heavy atom. The highest BCUT2D eigenvalue weighted by Crippen LogP contribution is 2.31. The van der Waals surface area contributed by atoms with Crippen LogP contribution in [-0.2, 0) is 15.8 Å². The molecule has 7 heteroatoms. The van der Waals surface area contributed by atoms with Crippen LogP contribution in [0, 0.1) is 0 Å². The summed E-state index contributed by atoms with van der Waals surface area (Å²) in [6.07, 6.45) is -4.52. The van der Waals surface area contributed by atoms with Gasteiger partial charge in [-0.25, -0.2) is 0 Å². The van der Waals surface area contributed by atoms with E-state index in [4.69, 9.17) is 5.11 Å². The molecule has 2 atom stereocenters. The third kappa shape index (κ3) is 5.09. The lowest BCUT2D eigenvalue weighted by molar-refractivity contribution is -0.141. The Hall–Kier alpha value is -2.05. The van der Waals surface area contributed by atoms with E-state index in [1.807, 2.05) is 0 Å². The van der Waals surface area contributed by atoms with Crippen LogP contribution in [0.1, 0.15) is 37.3 Å². The molecule has 0 aliphatic heterocycles. The smallest absolute Gasteiger partial charge is 0.416 e. The molecule has 4 nitrogen and oxygen atoms in total. The summed E-state index contributed by atoms with van der Waals surface area (Å²) in [7, 11) is 0. The van der Waals surface area contributed by atoms with Crippen molar-refractivity contribution in [1.82, 2.24) is 5.32 Å². The Morgan fingerprint density at radius 3 is 2.43 bits per heavy atom. The fourth-order valence-corrected chi connectivity index (χ4v) is 1.78. The van der Waals surface area contributed by atoms with Crippen LogP contribution in [0.25, 0.3) is 0 Å². The molecule has 0 spiro atoms. The van der Waals surface area contributed by atoms with Gasteiger partial charge in [0.2, 0.25) is 5.91 Å². The molecule has 21 heavy (non-hydrogen) atoms. The molecule has 1 aromatic rings. The Balaban J connectivity index is 2.74. The minimum atomic E-state index is -4.43. The minimum Gasteiger partial charge on any atom is -0.480 e. The summed E-state index contributed by atoms with van der Waals surface area (Å²) in [5.74, 6) is -2.14. The first-order valence-corrected chi connectivity index (χ1v) is 6.30. The largest absolute Gasteiger partial charge is 0.480 e. The van der Waals surface area contributed by atoms with E-state index in [2.05, 4.69) is 5.32 Å². The highest BCUT2D eigenvalue weighted by atomic mass is 19.4. The number of carboxylic acids is 1. The first kappa shape index (κ1) is 17.0. The van der Waals surface area contributed by atoms with E-state index >= 15 is 0 Å². The maximum absolute atomic E-state index is 12.6. The molecular formula is C14H16F3NO3. The van der Waals surface area contributed by atoms with Gasteiger partial charge in [0, 0.05) is 6.42 Å². The molecule has 0 saturated heterocycles. The number of benzene rings is 1. The number of aliphatic carboxylic acids is 1. The van der Waals surface area contributed by atoms with Crippen LogP contribution in [-0.4, -0.2) is 23.0 Å². The van der Waals surface area contributed by atoms with Crippen molar-refractivity contribution in [1.29, 1.82) is 0 Å². The molecule has 116 valence electrons. The van der Waals surface area contributed by atoms with Crippen LogP contribution >= 0.6 is 0 Å². The van der Waals surface area contributed by atoms with E-state index in [0.29, 0.717) is 5.56 Å². The first-order chi connectivity index (χ1) is 9.61. The molecular weight excluding hydrogens is 287 g/mol. The molecule has 0 aliphatic rings. The highest BCUT2D eigenvalue weighted by molar-refractivity contribution is 5.83. The number of carboxylic acid groups (broad SMARTS) is 1. The number of halogens is 3. The van der Waals surface area contributed by atoms with E-state index < -0.39 is 35.6 Å². The van der Waals surface area contributed by atoms with Gasteiger partial charge in [-0.1, -0.05) is 25.1 Å². The van der Waals surface area contributed by atoms with Gasteiger partial charge in [0.15, 0.2) is 0 Å². The Bertz CT molecular complexity index is 528. The molecule has 0 aromatic heterocycles. The molecule has 0 bridgehead atoms. The lowest BCUT2D eigenvalue weighted by atomic mass is 9.95. The van der Waals surface area contributed by atoms with Gasteiger partial charge in [-0.3, -0.25) is 9.59 Å². The fraction of sp³-hybridized carbons (Fsp3) is 0.429. The van der Waals surface area contributed by atoms with Gasteiger partial charge in [0.25, 0.3) is 0 Å². The van der Waals surface area contributed by atoms with Crippen LogP contribution in [0.4, 0.5) is 13.2 Å². The fourth-order valence-electron chi connectivity index (χ4n) is 1.78. The summed E-state index contributed by atoms with van der Waals surface area (Å²) < 4.78 is 37.8. The van der Waals surface area contributed by atoms with Crippen LogP contribution in [0.5, 0.6) is 0 Å². The van der Waals surface area contributed by atoms with Crippen LogP contribution in [0.3, 0.4) is 0 Å². The normalized spacial score (nSPS) is 14.3.